The van der Waals surface area contributed by atoms with Crippen molar-refractivity contribution in [2.24, 2.45) is 5.73 Å². The van der Waals surface area contributed by atoms with Crippen LogP contribution in [-0.4, -0.2) is 23.7 Å². The maximum absolute atomic E-state index is 10.4. The molecule has 3 N–H and O–H groups in total. The van der Waals surface area contributed by atoms with Crippen LogP contribution in [0.1, 0.15) is 0 Å². The van der Waals surface area contributed by atoms with Gasteiger partial charge in [-0.3, -0.25) is 4.79 Å². The van der Waals surface area contributed by atoms with E-state index in [2.05, 4.69) is 15.9 Å². The first-order valence-corrected chi connectivity index (χ1v) is 4.75. The minimum atomic E-state index is -1.07. The molecule has 0 aromatic heterocycles. The smallest absolute Gasteiger partial charge is 0.324 e. The standard InChI is InChI=1S/C9H10BrNO3/c10-6-1-3-7(4-2-6)14-5-8(11)9(12)13/h1-4,8H,5,11H2,(H,12,13). The third kappa shape index (κ3) is 3.35. The van der Waals surface area contributed by atoms with E-state index in [1.807, 2.05) is 12.1 Å². The lowest BCUT2D eigenvalue weighted by Gasteiger charge is -2.08. The monoisotopic (exact) mass is 259 g/mol. The summed E-state index contributed by atoms with van der Waals surface area (Å²) in [7, 11) is 0. The average molecular weight is 260 g/mol. The Bertz CT molecular complexity index is 312. The molecule has 0 saturated heterocycles. The minimum Gasteiger partial charge on any atom is -0.491 e. The molecule has 0 amide bonds. The second kappa shape index (κ2) is 4.97. The second-order valence-corrected chi connectivity index (χ2v) is 3.63. The fourth-order valence-corrected chi connectivity index (χ4v) is 1.05. The van der Waals surface area contributed by atoms with Crippen molar-refractivity contribution in [2.45, 2.75) is 6.04 Å². The van der Waals surface area contributed by atoms with E-state index in [1.165, 1.54) is 0 Å². The summed E-state index contributed by atoms with van der Waals surface area (Å²) < 4.78 is 6.09. The molecule has 1 aromatic carbocycles. The molecule has 4 nitrogen and oxygen atoms in total. The Kier molecular flexibility index (Phi) is 3.91. The van der Waals surface area contributed by atoms with Gasteiger partial charge in [-0.1, -0.05) is 15.9 Å². The fourth-order valence-electron chi connectivity index (χ4n) is 0.788. The van der Waals surface area contributed by atoms with Gasteiger partial charge in [0.25, 0.3) is 0 Å². The summed E-state index contributed by atoms with van der Waals surface area (Å²) >= 11 is 3.27. The molecule has 0 heterocycles. The van der Waals surface area contributed by atoms with Crippen LogP contribution in [0.2, 0.25) is 0 Å². The first-order valence-electron chi connectivity index (χ1n) is 3.96. The first-order chi connectivity index (χ1) is 6.59. The molecule has 5 heteroatoms. The molecule has 0 aliphatic rings. The van der Waals surface area contributed by atoms with Crippen LogP contribution in [-0.2, 0) is 4.79 Å². The highest BCUT2D eigenvalue weighted by Crippen LogP contribution is 2.15. The lowest BCUT2D eigenvalue weighted by atomic mass is 10.3. The predicted octanol–water partition coefficient (Wildman–Crippen LogP) is 1.24. The van der Waals surface area contributed by atoms with Gasteiger partial charge in [-0.25, -0.2) is 0 Å². The number of hydrogen-bond acceptors (Lipinski definition) is 3. The number of benzene rings is 1. The van der Waals surface area contributed by atoms with Crippen LogP contribution in [0.4, 0.5) is 0 Å². The topological polar surface area (TPSA) is 72.5 Å². The van der Waals surface area contributed by atoms with Gasteiger partial charge in [0, 0.05) is 4.47 Å². The maximum Gasteiger partial charge on any atom is 0.324 e. The van der Waals surface area contributed by atoms with Crippen LogP contribution in [0.15, 0.2) is 28.7 Å². The van der Waals surface area contributed by atoms with Crippen LogP contribution < -0.4 is 10.5 Å². The third-order valence-electron chi connectivity index (χ3n) is 1.56. The number of rotatable bonds is 4. The molecule has 14 heavy (non-hydrogen) atoms. The molecular weight excluding hydrogens is 250 g/mol. The number of halogens is 1. The zero-order chi connectivity index (χ0) is 10.6. The molecule has 0 radical (unpaired) electrons. The van der Waals surface area contributed by atoms with Gasteiger partial charge in [0.15, 0.2) is 0 Å². The Morgan fingerprint density at radius 2 is 2.07 bits per heavy atom. The number of ether oxygens (including phenoxy) is 1. The summed E-state index contributed by atoms with van der Waals surface area (Å²) in [6.07, 6.45) is 0. The highest BCUT2D eigenvalue weighted by Gasteiger charge is 2.11. The van der Waals surface area contributed by atoms with Crippen molar-refractivity contribution in [3.05, 3.63) is 28.7 Å². The lowest BCUT2D eigenvalue weighted by Crippen LogP contribution is -2.36. The number of carbonyl (C=O) groups is 1. The highest BCUT2D eigenvalue weighted by atomic mass is 79.9. The van der Waals surface area contributed by atoms with Gasteiger partial charge in [0.2, 0.25) is 0 Å². The van der Waals surface area contributed by atoms with Crippen LogP contribution in [0.25, 0.3) is 0 Å². The van der Waals surface area contributed by atoms with Crippen LogP contribution in [0.3, 0.4) is 0 Å². The molecular formula is C9H10BrNO3. The third-order valence-corrected chi connectivity index (χ3v) is 2.09. The number of nitrogens with two attached hydrogens (primary N) is 1. The van der Waals surface area contributed by atoms with Crippen LogP contribution in [0, 0.1) is 0 Å². The Morgan fingerprint density at radius 1 is 1.50 bits per heavy atom. The van der Waals surface area contributed by atoms with Crippen molar-refractivity contribution in [1.29, 1.82) is 0 Å². The SMILES string of the molecule is NC(COc1ccc(Br)cc1)C(=O)O. The van der Waals surface area contributed by atoms with E-state index >= 15 is 0 Å². The molecule has 1 atom stereocenters. The molecule has 1 rings (SSSR count). The molecule has 0 saturated carbocycles. The summed E-state index contributed by atoms with van der Waals surface area (Å²) in [5.74, 6) is -0.466. The molecule has 1 aromatic rings. The maximum atomic E-state index is 10.4. The molecule has 1 unspecified atom stereocenters. The normalized spacial score (nSPS) is 12.1. The molecule has 0 bridgehead atoms. The number of carboxylic acid groups (broad SMARTS) is 1. The van der Waals surface area contributed by atoms with Crippen molar-refractivity contribution in [3.8, 4) is 5.75 Å². The van der Waals surface area contributed by atoms with Gasteiger partial charge in [0.05, 0.1) is 0 Å². The molecule has 76 valence electrons. The molecule has 0 aliphatic carbocycles. The van der Waals surface area contributed by atoms with E-state index in [4.69, 9.17) is 15.6 Å². The van der Waals surface area contributed by atoms with Gasteiger partial charge in [-0.05, 0) is 24.3 Å². The van der Waals surface area contributed by atoms with Crippen LogP contribution >= 0.6 is 15.9 Å². The Hall–Kier alpha value is -1.07. The zero-order valence-corrected chi connectivity index (χ0v) is 8.90. The number of hydrogen-bond donors (Lipinski definition) is 2. The molecule has 0 fully saturated rings. The van der Waals surface area contributed by atoms with E-state index in [9.17, 15) is 4.79 Å². The number of aliphatic carboxylic acids is 1. The van der Waals surface area contributed by atoms with Crippen molar-refractivity contribution in [3.63, 3.8) is 0 Å². The number of carboxylic acids is 1. The summed E-state index contributed by atoms with van der Waals surface area (Å²) in [5.41, 5.74) is 5.26. The van der Waals surface area contributed by atoms with Crippen molar-refractivity contribution >= 4 is 21.9 Å². The van der Waals surface area contributed by atoms with Crippen molar-refractivity contribution in [1.82, 2.24) is 0 Å². The lowest BCUT2D eigenvalue weighted by molar-refractivity contribution is -0.139. The summed E-state index contributed by atoms with van der Waals surface area (Å²) in [4.78, 5) is 10.4. The molecule has 0 aliphatic heterocycles. The summed E-state index contributed by atoms with van der Waals surface area (Å²) in [5, 5.41) is 8.49. The highest BCUT2D eigenvalue weighted by molar-refractivity contribution is 9.10. The predicted molar refractivity (Wildman–Crippen MR) is 55.2 cm³/mol. The van der Waals surface area contributed by atoms with Gasteiger partial charge in [-0.2, -0.15) is 0 Å². The van der Waals surface area contributed by atoms with Gasteiger partial charge in [-0.15, -0.1) is 0 Å². The average Bonchev–Trinajstić information content (AvgIpc) is 2.16. The van der Waals surface area contributed by atoms with Crippen molar-refractivity contribution in [2.75, 3.05) is 6.61 Å². The van der Waals surface area contributed by atoms with E-state index in [0.717, 1.165) is 4.47 Å². The van der Waals surface area contributed by atoms with Crippen molar-refractivity contribution < 1.29 is 14.6 Å². The van der Waals surface area contributed by atoms with Gasteiger partial charge in [0.1, 0.15) is 18.4 Å². The summed E-state index contributed by atoms with van der Waals surface area (Å²) in [6.45, 7) is -0.0308. The zero-order valence-electron chi connectivity index (χ0n) is 7.31. The van der Waals surface area contributed by atoms with E-state index in [1.54, 1.807) is 12.1 Å². The summed E-state index contributed by atoms with van der Waals surface area (Å²) in [6, 6.07) is 6.10. The Balaban J connectivity index is 2.46. The van der Waals surface area contributed by atoms with E-state index in [-0.39, 0.29) is 6.61 Å². The van der Waals surface area contributed by atoms with Gasteiger partial charge >= 0.3 is 5.97 Å². The largest absolute Gasteiger partial charge is 0.491 e. The quantitative estimate of drug-likeness (QED) is 0.854. The van der Waals surface area contributed by atoms with E-state index < -0.39 is 12.0 Å². The van der Waals surface area contributed by atoms with Gasteiger partial charge < -0.3 is 15.6 Å². The Labute approximate surface area is 89.8 Å². The first kappa shape index (κ1) is 11.0. The van der Waals surface area contributed by atoms with Crippen LogP contribution in [0.5, 0.6) is 5.75 Å². The van der Waals surface area contributed by atoms with E-state index in [0.29, 0.717) is 5.75 Å². The Morgan fingerprint density at radius 3 is 2.57 bits per heavy atom. The molecule has 0 spiro atoms. The fraction of sp³-hybridized carbons (Fsp3) is 0.222. The second-order valence-electron chi connectivity index (χ2n) is 2.71. The minimum absolute atomic E-state index is 0.0308.